The van der Waals surface area contributed by atoms with Crippen molar-refractivity contribution in [2.24, 2.45) is 10.4 Å². The van der Waals surface area contributed by atoms with Gasteiger partial charge in [-0.15, -0.1) is 24.0 Å². The quantitative estimate of drug-likeness (QED) is 0.321. The third-order valence-electron chi connectivity index (χ3n) is 3.95. The van der Waals surface area contributed by atoms with Crippen molar-refractivity contribution in [3.8, 4) is 0 Å². The van der Waals surface area contributed by atoms with E-state index in [1.54, 1.807) is 14.1 Å². The maximum Gasteiger partial charge on any atom is 0.407 e. The first-order valence-corrected chi connectivity index (χ1v) is 8.66. The van der Waals surface area contributed by atoms with Gasteiger partial charge in [-0.1, -0.05) is 0 Å². The zero-order valence-electron chi connectivity index (χ0n) is 16.9. The van der Waals surface area contributed by atoms with E-state index in [1.807, 2.05) is 34.6 Å². The summed E-state index contributed by atoms with van der Waals surface area (Å²) >= 11 is 0. The minimum atomic E-state index is -0.543. The second kappa shape index (κ2) is 10.2. The second-order valence-corrected chi connectivity index (χ2v) is 7.94. The van der Waals surface area contributed by atoms with Crippen LogP contribution in [0, 0.1) is 5.41 Å². The maximum atomic E-state index is 11.9. The zero-order chi connectivity index (χ0) is 19.3. The van der Waals surface area contributed by atoms with E-state index < -0.39 is 17.1 Å². The van der Waals surface area contributed by atoms with Crippen molar-refractivity contribution in [1.82, 2.24) is 20.9 Å². The number of carbonyl (C=O) groups is 2. The van der Waals surface area contributed by atoms with Crippen LogP contribution in [0.2, 0.25) is 0 Å². The number of alkyl carbamates (subject to hydrolysis) is 1. The average Bonchev–Trinajstić information content (AvgIpc) is 2.93. The topological polar surface area (TPSA) is 95.1 Å². The van der Waals surface area contributed by atoms with Crippen molar-refractivity contribution in [2.75, 3.05) is 33.7 Å². The summed E-state index contributed by atoms with van der Waals surface area (Å²) in [6.45, 7) is 11.2. The molecule has 0 aliphatic carbocycles. The number of nitrogens with one attached hydrogen (secondary N) is 3. The predicted molar refractivity (Wildman–Crippen MR) is 114 cm³/mol. The average molecular weight is 483 g/mol. The number of ether oxygens (including phenoxy) is 1. The van der Waals surface area contributed by atoms with Crippen molar-refractivity contribution in [1.29, 1.82) is 0 Å². The van der Waals surface area contributed by atoms with Crippen molar-refractivity contribution in [2.45, 2.75) is 52.7 Å². The largest absolute Gasteiger partial charge is 0.444 e. The van der Waals surface area contributed by atoms with Crippen LogP contribution >= 0.6 is 24.0 Å². The summed E-state index contributed by atoms with van der Waals surface area (Å²) in [7, 11) is 3.34. The number of carbonyl (C=O) groups excluding carboxylic acids is 2. The van der Waals surface area contributed by atoms with Crippen molar-refractivity contribution in [3.63, 3.8) is 0 Å². The van der Waals surface area contributed by atoms with E-state index in [9.17, 15) is 9.59 Å². The number of guanidine groups is 1. The van der Waals surface area contributed by atoms with Gasteiger partial charge in [0.2, 0.25) is 5.91 Å². The van der Waals surface area contributed by atoms with E-state index in [4.69, 9.17) is 4.74 Å². The smallest absolute Gasteiger partial charge is 0.407 e. The molecular weight excluding hydrogens is 449 g/mol. The Morgan fingerprint density at radius 2 is 1.85 bits per heavy atom. The number of amides is 2. The molecule has 1 fully saturated rings. The predicted octanol–water partition coefficient (Wildman–Crippen LogP) is 1.55. The molecule has 0 aromatic rings. The second-order valence-electron chi connectivity index (χ2n) is 7.94. The normalized spacial score (nSPS) is 18.0. The molecule has 26 heavy (non-hydrogen) atoms. The maximum absolute atomic E-state index is 11.9. The molecule has 1 aliphatic heterocycles. The fourth-order valence-electron chi connectivity index (χ4n) is 2.60. The molecule has 0 spiro atoms. The standard InChI is InChI=1S/C17H33N5O3.HI/c1-16(2,3)25-15(24)21-12-8-9-22(10-12)14(19-7)20-11-17(4,5)13(23)18-6;/h12H,8-11H2,1-7H3,(H,18,23)(H,19,20)(H,21,24);1H. The van der Waals surface area contributed by atoms with Crippen molar-refractivity contribution >= 4 is 41.9 Å². The Morgan fingerprint density at radius 1 is 1.23 bits per heavy atom. The number of nitrogens with zero attached hydrogens (tertiary/aromatic N) is 2. The summed E-state index contributed by atoms with van der Waals surface area (Å²) in [6.07, 6.45) is 0.418. The highest BCUT2D eigenvalue weighted by atomic mass is 127. The molecule has 0 aromatic heterocycles. The lowest BCUT2D eigenvalue weighted by atomic mass is 9.92. The van der Waals surface area contributed by atoms with E-state index in [0.29, 0.717) is 13.1 Å². The van der Waals surface area contributed by atoms with Crippen molar-refractivity contribution in [3.05, 3.63) is 0 Å². The molecule has 2 amide bonds. The lowest BCUT2D eigenvalue weighted by molar-refractivity contribution is -0.128. The Hall–Kier alpha value is -1.26. The van der Waals surface area contributed by atoms with E-state index >= 15 is 0 Å². The lowest BCUT2D eigenvalue weighted by Gasteiger charge is -2.27. The number of rotatable bonds is 4. The van der Waals surface area contributed by atoms with Gasteiger partial charge in [-0.2, -0.15) is 0 Å². The molecule has 3 N–H and O–H groups in total. The van der Waals surface area contributed by atoms with Crippen LogP contribution in [-0.4, -0.2) is 68.2 Å². The fraction of sp³-hybridized carbons (Fsp3) is 0.824. The molecule has 1 unspecified atom stereocenters. The first-order chi connectivity index (χ1) is 11.5. The van der Waals surface area contributed by atoms with Crippen LogP contribution in [0.5, 0.6) is 0 Å². The molecule has 8 nitrogen and oxygen atoms in total. The van der Waals surface area contributed by atoms with Gasteiger partial charge >= 0.3 is 6.09 Å². The lowest BCUT2D eigenvalue weighted by Crippen LogP contribution is -2.49. The Labute approximate surface area is 173 Å². The third-order valence-corrected chi connectivity index (χ3v) is 3.95. The number of halogens is 1. The molecule has 0 bridgehead atoms. The SMILES string of the molecule is CN=C(NCC(C)(C)C(=O)NC)N1CCC(NC(=O)OC(C)(C)C)C1.I. The van der Waals surface area contributed by atoms with Crippen LogP contribution in [0.4, 0.5) is 4.79 Å². The highest BCUT2D eigenvalue weighted by Gasteiger charge is 2.30. The molecule has 1 aliphatic rings. The molecule has 1 atom stereocenters. The van der Waals surface area contributed by atoms with Crippen LogP contribution in [-0.2, 0) is 9.53 Å². The van der Waals surface area contributed by atoms with Crippen LogP contribution < -0.4 is 16.0 Å². The molecule has 1 rings (SSSR count). The van der Waals surface area contributed by atoms with E-state index in [-0.39, 0.29) is 35.9 Å². The van der Waals surface area contributed by atoms with Gasteiger partial charge in [-0.3, -0.25) is 9.79 Å². The first kappa shape index (κ1) is 24.7. The van der Waals surface area contributed by atoms with Gasteiger partial charge in [0.25, 0.3) is 0 Å². The Bertz CT molecular complexity index is 517. The summed E-state index contributed by atoms with van der Waals surface area (Å²) in [5.41, 5.74) is -1.05. The van der Waals surface area contributed by atoms with Gasteiger partial charge in [0.05, 0.1) is 11.5 Å². The van der Waals surface area contributed by atoms with Gasteiger partial charge in [-0.25, -0.2) is 4.79 Å². The monoisotopic (exact) mass is 483 g/mol. The molecule has 0 aromatic carbocycles. The van der Waals surface area contributed by atoms with Crippen molar-refractivity contribution < 1.29 is 14.3 Å². The van der Waals surface area contributed by atoms with Crippen LogP contribution in [0.1, 0.15) is 41.0 Å². The van der Waals surface area contributed by atoms with E-state index in [1.165, 1.54) is 0 Å². The van der Waals surface area contributed by atoms with Gasteiger partial charge in [-0.05, 0) is 41.0 Å². The summed E-state index contributed by atoms with van der Waals surface area (Å²) in [4.78, 5) is 30.1. The van der Waals surface area contributed by atoms with Gasteiger partial charge in [0, 0.05) is 33.7 Å². The number of hydrogen-bond donors (Lipinski definition) is 3. The minimum absolute atomic E-state index is 0. The van der Waals surface area contributed by atoms with E-state index in [0.717, 1.165) is 18.9 Å². The first-order valence-electron chi connectivity index (χ1n) is 8.66. The summed E-state index contributed by atoms with van der Waals surface area (Å²) in [6, 6.07) is 0.0142. The fourth-order valence-corrected chi connectivity index (χ4v) is 2.60. The van der Waals surface area contributed by atoms with Crippen LogP contribution in [0.25, 0.3) is 0 Å². The Morgan fingerprint density at radius 3 is 2.35 bits per heavy atom. The molecule has 9 heteroatoms. The van der Waals surface area contributed by atoms with Gasteiger partial charge in [0.15, 0.2) is 5.96 Å². The molecule has 152 valence electrons. The van der Waals surface area contributed by atoms with Gasteiger partial charge < -0.3 is 25.6 Å². The molecule has 0 radical (unpaired) electrons. The highest BCUT2D eigenvalue weighted by molar-refractivity contribution is 14.0. The molecule has 1 heterocycles. The Balaban J connectivity index is 0.00000625. The number of likely N-dealkylation sites (tertiary alicyclic amines) is 1. The minimum Gasteiger partial charge on any atom is -0.444 e. The van der Waals surface area contributed by atoms with E-state index in [2.05, 4.69) is 25.8 Å². The van der Waals surface area contributed by atoms with Gasteiger partial charge in [0.1, 0.15) is 5.60 Å². The zero-order valence-corrected chi connectivity index (χ0v) is 19.3. The highest BCUT2D eigenvalue weighted by Crippen LogP contribution is 2.15. The number of aliphatic imine (C=N–C) groups is 1. The molecule has 1 saturated heterocycles. The number of hydrogen-bond acceptors (Lipinski definition) is 4. The molecule has 0 saturated carbocycles. The summed E-state index contributed by atoms with van der Waals surface area (Å²) < 4.78 is 5.29. The third kappa shape index (κ3) is 7.96. The molecular formula is C17H34IN5O3. The van der Waals surface area contributed by atoms with Crippen LogP contribution in [0.3, 0.4) is 0 Å². The van der Waals surface area contributed by atoms with Crippen LogP contribution in [0.15, 0.2) is 4.99 Å². The summed E-state index contributed by atoms with van der Waals surface area (Å²) in [5.74, 6) is 0.701. The summed E-state index contributed by atoms with van der Waals surface area (Å²) in [5, 5.41) is 8.81. The Kier molecular flexibility index (Phi) is 9.68.